The molecular formula is C26H32N6O3. The number of carbonyl (C=O) groups is 1. The number of fused-ring (bicyclic) bond motifs is 1. The van der Waals surface area contributed by atoms with Gasteiger partial charge in [-0.1, -0.05) is 24.3 Å². The van der Waals surface area contributed by atoms with Crippen molar-refractivity contribution in [3.8, 4) is 0 Å². The van der Waals surface area contributed by atoms with Crippen molar-refractivity contribution < 1.29 is 9.72 Å². The lowest BCUT2D eigenvalue weighted by Crippen LogP contribution is -2.36. The summed E-state index contributed by atoms with van der Waals surface area (Å²) in [5.74, 6) is 1.28. The maximum Gasteiger partial charge on any atom is 0.319 e. The van der Waals surface area contributed by atoms with Crippen LogP contribution in [0.15, 0.2) is 48.5 Å². The fraction of sp³-hybridized carbons (Fsp3) is 0.385. The van der Waals surface area contributed by atoms with E-state index in [-0.39, 0.29) is 11.7 Å². The molecule has 35 heavy (non-hydrogen) atoms. The Morgan fingerprint density at radius 3 is 2.57 bits per heavy atom. The molecule has 0 aliphatic heterocycles. The highest BCUT2D eigenvalue weighted by Crippen LogP contribution is 2.30. The van der Waals surface area contributed by atoms with E-state index < -0.39 is 4.92 Å². The second-order valence-electron chi connectivity index (χ2n) is 9.34. The first-order valence-electron chi connectivity index (χ1n) is 11.9. The Morgan fingerprint density at radius 2 is 1.86 bits per heavy atom. The van der Waals surface area contributed by atoms with E-state index in [1.54, 1.807) is 19.1 Å². The van der Waals surface area contributed by atoms with E-state index in [9.17, 15) is 14.9 Å². The lowest BCUT2D eigenvalue weighted by molar-refractivity contribution is -0.385. The number of amides is 2. The summed E-state index contributed by atoms with van der Waals surface area (Å²) in [6.07, 6.45) is 4.01. The SMILES string of the molecule is Cc1c(NC(=O)NC[C@H]2CC[C@@H](Nc3cc(N(C)C)c4ccccc4n3)CC2)cccc1[N+](=O)[O-]. The van der Waals surface area contributed by atoms with Gasteiger partial charge in [-0.15, -0.1) is 0 Å². The van der Waals surface area contributed by atoms with Gasteiger partial charge in [0, 0.05) is 49.9 Å². The lowest BCUT2D eigenvalue weighted by Gasteiger charge is -2.30. The fourth-order valence-electron chi connectivity index (χ4n) is 4.68. The van der Waals surface area contributed by atoms with Gasteiger partial charge >= 0.3 is 6.03 Å². The molecule has 3 aromatic rings. The van der Waals surface area contributed by atoms with E-state index >= 15 is 0 Å². The summed E-state index contributed by atoms with van der Waals surface area (Å²) in [6, 6.07) is 14.9. The normalized spacial score (nSPS) is 17.6. The van der Waals surface area contributed by atoms with Gasteiger partial charge < -0.3 is 20.9 Å². The Bertz CT molecular complexity index is 1220. The zero-order valence-corrected chi connectivity index (χ0v) is 20.4. The van der Waals surface area contributed by atoms with E-state index in [0.29, 0.717) is 29.8 Å². The summed E-state index contributed by atoms with van der Waals surface area (Å²) in [5, 5.41) is 21.5. The molecule has 0 unspecified atom stereocenters. The predicted octanol–water partition coefficient (Wildman–Crippen LogP) is 5.31. The molecular weight excluding hydrogens is 444 g/mol. The molecule has 1 saturated carbocycles. The number of anilines is 3. The maximum absolute atomic E-state index is 12.4. The molecule has 1 aromatic heterocycles. The maximum atomic E-state index is 12.4. The summed E-state index contributed by atoms with van der Waals surface area (Å²) in [6.45, 7) is 2.21. The molecule has 2 aromatic carbocycles. The van der Waals surface area contributed by atoms with Gasteiger partial charge in [0.1, 0.15) is 5.82 Å². The summed E-state index contributed by atoms with van der Waals surface area (Å²) in [4.78, 5) is 29.9. The molecule has 1 fully saturated rings. The van der Waals surface area contributed by atoms with Crippen LogP contribution in [-0.2, 0) is 0 Å². The smallest absolute Gasteiger partial charge is 0.319 e. The number of para-hydroxylation sites is 1. The molecule has 4 rings (SSSR count). The quantitative estimate of drug-likeness (QED) is 0.315. The van der Waals surface area contributed by atoms with Crippen LogP contribution in [-0.4, -0.2) is 42.6 Å². The Kier molecular flexibility index (Phi) is 7.33. The molecule has 0 saturated heterocycles. The van der Waals surface area contributed by atoms with Crippen LogP contribution >= 0.6 is 0 Å². The van der Waals surface area contributed by atoms with Gasteiger partial charge in [0.15, 0.2) is 0 Å². The van der Waals surface area contributed by atoms with Gasteiger partial charge in [-0.2, -0.15) is 0 Å². The molecule has 3 N–H and O–H groups in total. The minimum atomic E-state index is -0.445. The Morgan fingerprint density at radius 1 is 1.11 bits per heavy atom. The molecule has 1 aliphatic rings. The minimum absolute atomic E-state index is 0.00720. The van der Waals surface area contributed by atoms with Crippen LogP contribution in [0.2, 0.25) is 0 Å². The highest BCUT2D eigenvalue weighted by molar-refractivity contribution is 5.93. The Labute approximate surface area is 205 Å². The third kappa shape index (κ3) is 5.79. The van der Waals surface area contributed by atoms with Crippen molar-refractivity contribution in [1.82, 2.24) is 10.3 Å². The third-order valence-corrected chi connectivity index (χ3v) is 6.68. The fourth-order valence-corrected chi connectivity index (χ4v) is 4.68. The Hall–Kier alpha value is -3.88. The van der Waals surface area contributed by atoms with Gasteiger partial charge in [0.25, 0.3) is 5.69 Å². The first kappa shape index (κ1) is 24.3. The largest absolute Gasteiger partial charge is 0.377 e. The summed E-state index contributed by atoms with van der Waals surface area (Å²) < 4.78 is 0. The topological polar surface area (TPSA) is 112 Å². The van der Waals surface area contributed by atoms with Crippen LogP contribution in [0.5, 0.6) is 0 Å². The van der Waals surface area contributed by atoms with Crippen LogP contribution in [0.4, 0.5) is 27.7 Å². The number of hydrogen-bond acceptors (Lipinski definition) is 6. The van der Waals surface area contributed by atoms with Gasteiger partial charge in [-0.05, 0) is 50.7 Å². The van der Waals surface area contributed by atoms with Gasteiger partial charge in [0.05, 0.1) is 21.7 Å². The highest BCUT2D eigenvalue weighted by atomic mass is 16.6. The first-order chi connectivity index (χ1) is 16.8. The zero-order chi connectivity index (χ0) is 24.9. The van der Waals surface area contributed by atoms with Gasteiger partial charge in [-0.3, -0.25) is 10.1 Å². The molecule has 9 nitrogen and oxygen atoms in total. The molecule has 9 heteroatoms. The number of nitro benzene ring substituents is 1. The average molecular weight is 477 g/mol. The molecule has 0 bridgehead atoms. The second-order valence-corrected chi connectivity index (χ2v) is 9.34. The number of nitrogens with one attached hydrogen (secondary N) is 3. The number of aromatic nitrogens is 1. The van der Waals surface area contributed by atoms with E-state index in [0.717, 1.165) is 48.1 Å². The van der Waals surface area contributed by atoms with Crippen LogP contribution in [0.25, 0.3) is 10.9 Å². The minimum Gasteiger partial charge on any atom is -0.377 e. The Balaban J connectivity index is 1.28. The summed E-state index contributed by atoms with van der Waals surface area (Å²) in [7, 11) is 4.08. The first-order valence-corrected chi connectivity index (χ1v) is 11.9. The van der Waals surface area contributed by atoms with Crippen molar-refractivity contribution in [2.24, 2.45) is 5.92 Å². The van der Waals surface area contributed by atoms with Crippen LogP contribution in [0.3, 0.4) is 0 Å². The van der Waals surface area contributed by atoms with Crippen LogP contribution in [0.1, 0.15) is 31.2 Å². The lowest BCUT2D eigenvalue weighted by atomic mass is 9.86. The van der Waals surface area contributed by atoms with Crippen molar-refractivity contribution >= 4 is 39.8 Å². The number of urea groups is 1. The number of carbonyl (C=O) groups excluding carboxylic acids is 1. The number of nitrogens with zero attached hydrogens (tertiary/aromatic N) is 3. The number of nitro groups is 1. The molecule has 0 spiro atoms. The van der Waals surface area contributed by atoms with Crippen LogP contribution in [0, 0.1) is 23.0 Å². The highest BCUT2D eigenvalue weighted by Gasteiger charge is 2.23. The molecule has 184 valence electrons. The van der Waals surface area contributed by atoms with Crippen LogP contribution < -0.4 is 20.9 Å². The predicted molar refractivity (Wildman–Crippen MR) is 140 cm³/mol. The molecule has 1 heterocycles. The summed E-state index contributed by atoms with van der Waals surface area (Å²) >= 11 is 0. The number of pyridine rings is 1. The van der Waals surface area contributed by atoms with Crippen molar-refractivity contribution in [3.05, 3.63) is 64.2 Å². The zero-order valence-electron chi connectivity index (χ0n) is 20.4. The molecule has 0 atom stereocenters. The number of hydrogen-bond donors (Lipinski definition) is 3. The number of benzene rings is 2. The molecule has 0 radical (unpaired) electrons. The average Bonchev–Trinajstić information content (AvgIpc) is 2.84. The van der Waals surface area contributed by atoms with Crippen molar-refractivity contribution in [2.45, 2.75) is 38.6 Å². The van der Waals surface area contributed by atoms with E-state index in [1.807, 2.05) is 32.3 Å². The van der Waals surface area contributed by atoms with E-state index in [2.05, 4.69) is 33.0 Å². The van der Waals surface area contributed by atoms with Gasteiger partial charge in [-0.25, -0.2) is 9.78 Å². The van der Waals surface area contributed by atoms with E-state index in [1.165, 1.54) is 6.07 Å². The van der Waals surface area contributed by atoms with Gasteiger partial charge in [0.2, 0.25) is 0 Å². The standard InChI is InChI=1S/C26H32N6O3/c1-17-21(9-6-10-23(17)32(34)35)30-26(33)27-16-18-11-13-19(14-12-18)28-25-15-24(31(2)3)20-7-4-5-8-22(20)29-25/h4-10,15,18-19H,11-14,16H2,1-3H3,(H,28,29)(H2,27,30,33)/t18-,19+. The van der Waals surface area contributed by atoms with E-state index in [4.69, 9.17) is 4.98 Å². The van der Waals surface area contributed by atoms with Crippen molar-refractivity contribution in [2.75, 3.05) is 36.2 Å². The summed E-state index contributed by atoms with van der Waals surface area (Å²) in [5.41, 5.74) is 3.00. The monoisotopic (exact) mass is 476 g/mol. The van der Waals surface area contributed by atoms with Crippen molar-refractivity contribution in [3.63, 3.8) is 0 Å². The molecule has 2 amide bonds. The van der Waals surface area contributed by atoms with Crippen molar-refractivity contribution in [1.29, 1.82) is 0 Å². The molecule has 1 aliphatic carbocycles. The number of rotatable bonds is 7. The second kappa shape index (κ2) is 10.6. The third-order valence-electron chi connectivity index (χ3n) is 6.68.